The van der Waals surface area contributed by atoms with Crippen LogP contribution in [0.4, 0.5) is 0 Å². The molecule has 0 aliphatic rings. The lowest BCUT2D eigenvalue weighted by Crippen LogP contribution is -2.16. The Hall–Kier alpha value is -1.35. The number of alkyl halides is 1. The van der Waals surface area contributed by atoms with Crippen LogP contribution >= 0.6 is 11.6 Å². The van der Waals surface area contributed by atoms with Crippen LogP contribution in [-0.4, -0.2) is 9.97 Å². The lowest BCUT2D eigenvalue weighted by molar-refractivity contribution is 0.833. The summed E-state index contributed by atoms with van der Waals surface area (Å²) in [4.78, 5) is 18.7. The summed E-state index contributed by atoms with van der Waals surface area (Å²) < 4.78 is 0. The van der Waals surface area contributed by atoms with E-state index >= 15 is 0 Å². The first-order valence-electron chi connectivity index (χ1n) is 4.85. The zero-order chi connectivity index (χ0) is 10.8. The molecule has 0 saturated carbocycles. The number of hydrogen-bond donors (Lipinski definition) is 1. The molecular weight excluding hydrogens is 212 g/mol. The van der Waals surface area contributed by atoms with Gasteiger partial charge in [0, 0.05) is 0 Å². The van der Waals surface area contributed by atoms with Crippen molar-refractivity contribution in [2.45, 2.75) is 18.7 Å². The average Bonchev–Trinajstić information content (AvgIpc) is 2.27. The maximum Gasteiger partial charge on any atom is 0.271 e. The second-order valence-corrected chi connectivity index (χ2v) is 3.87. The zero-order valence-corrected chi connectivity index (χ0v) is 9.08. The summed E-state index contributed by atoms with van der Waals surface area (Å²) in [5.74, 6) is 0. The van der Waals surface area contributed by atoms with E-state index < -0.39 is 0 Å². The van der Waals surface area contributed by atoms with Gasteiger partial charge in [-0.3, -0.25) is 4.79 Å². The number of benzene rings is 1. The molecule has 1 aromatic carbocycles. The Kier molecular flexibility index (Phi) is 2.73. The van der Waals surface area contributed by atoms with E-state index in [0.29, 0.717) is 12.1 Å². The minimum Gasteiger partial charge on any atom is -0.319 e. The van der Waals surface area contributed by atoms with Crippen LogP contribution in [-0.2, 0) is 0 Å². The van der Waals surface area contributed by atoms with Crippen molar-refractivity contribution in [3.8, 4) is 0 Å². The van der Waals surface area contributed by atoms with Crippen LogP contribution in [0.25, 0.3) is 11.0 Å². The lowest BCUT2D eigenvalue weighted by Gasteiger charge is -2.05. The van der Waals surface area contributed by atoms with Crippen LogP contribution in [0, 0.1) is 0 Å². The Bertz CT molecular complexity index is 535. The van der Waals surface area contributed by atoms with Gasteiger partial charge in [0.15, 0.2) is 0 Å². The van der Waals surface area contributed by atoms with Crippen LogP contribution in [0.1, 0.15) is 24.4 Å². The summed E-state index contributed by atoms with van der Waals surface area (Å²) in [6, 6.07) is 7.42. The van der Waals surface area contributed by atoms with Gasteiger partial charge >= 0.3 is 0 Å². The summed E-state index contributed by atoms with van der Waals surface area (Å²) >= 11 is 6.01. The van der Waals surface area contributed by atoms with Gasteiger partial charge in [0.05, 0.1) is 16.4 Å². The molecular formula is C11H11ClN2O. The quantitative estimate of drug-likeness (QED) is 0.794. The molecule has 0 bridgehead atoms. The van der Waals surface area contributed by atoms with Gasteiger partial charge in [-0.15, -0.1) is 11.6 Å². The van der Waals surface area contributed by atoms with Crippen molar-refractivity contribution in [1.82, 2.24) is 9.97 Å². The average molecular weight is 223 g/mol. The van der Waals surface area contributed by atoms with Gasteiger partial charge in [-0.05, 0) is 18.6 Å². The van der Waals surface area contributed by atoms with Crippen LogP contribution in [0.3, 0.4) is 0 Å². The second kappa shape index (κ2) is 4.03. The molecule has 78 valence electrons. The molecule has 0 spiro atoms. The first-order valence-corrected chi connectivity index (χ1v) is 5.29. The SMILES string of the molecule is CCC(Cl)c1nc2ccccc2[nH]c1=O. The summed E-state index contributed by atoms with van der Waals surface area (Å²) in [6.07, 6.45) is 0.690. The maximum atomic E-state index is 11.6. The summed E-state index contributed by atoms with van der Waals surface area (Å²) in [5.41, 5.74) is 1.71. The second-order valence-electron chi connectivity index (χ2n) is 3.34. The number of halogens is 1. The molecule has 4 heteroatoms. The number of aromatic amines is 1. The standard InChI is InChI=1S/C11H11ClN2O/c1-2-7(12)10-11(15)14-9-6-4-3-5-8(9)13-10/h3-7H,2H2,1H3,(H,14,15). The Labute approximate surface area is 92.1 Å². The number of rotatable bonds is 2. The van der Waals surface area contributed by atoms with Crippen LogP contribution in [0.5, 0.6) is 0 Å². The van der Waals surface area contributed by atoms with Gasteiger partial charge in [-0.2, -0.15) is 0 Å². The molecule has 1 unspecified atom stereocenters. The fraction of sp³-hybridized carbons (Fsp3) is 0.273. The highest BCUT2D eigenvalue weighted by atomic mass is 35.5. The van der Waals surface area contributed by atoms with Crippen molar-refractivity contribution < 1.29 is 0 Å². The van der Waals surface area contributed by atoms with Gasteiger partial charge in [0.2, 0.25) is 0 Å². The lowest BCUT2D eigenvalue weighted by atomic mass is 10.2. The van der Waals surface area contributed by atoms with Gasteiger partial charge in [0.1, 0.15) is 5.69 Å². The highest BCUT2D eigenvalue weighted by Crippen LogP contribution is 2.19. The van der Waals surface area contributed by atoms with E-state index in [9.17, 15) is 4.79 Å². The van der Waals surface area contributed by atoms with Gasteiger partial charge < -0.3 is 4.98 Å². The van der Waals surface area contributed by atoms with E-state index in [1.165, 1.54) is 0 Å². The molecule has 15 heavy (non-hydrogen) atoms. The summed E-state index contributed by atoms with van der Waals surface area (Å²) in [6.45, 7) is 1.92. The fourth-order valence-electron chi connectivity index (χ4n) is 1.45. The first-order chi connectivity index (χ1) is 7.22. The summed E-state index contributed by atoms with van der Waals surface area (Å²) in [7, 11) is 0. The highest BCUT2D eigenvalue weighted by Gasteiger charge is 2.12. The molecule has 2 rings (SSSR count). The Balaban J connectivity index is 2.67. The van der Waals surface area contributed by atoms with Crippen molar-refractivity contribution in [2.24, 2.45) is 0 Å². The van der Waals surface area contributed by atoms with Gasteiger partial charge in [-0.25, -0.2) is 4.98 Å². The topological polar surface area (TPSA) is 45.8 Å². The predicted octanol–water partition coefficient (Wildman–Crippen LogP) is 2.61. The fourth-order valence-corrected chi connectivity index (χ4v) is 1.60. The Morgan fingerprint density at radius 3 is 2.93 bits per heavy atom. The van der Waals surface area contributed by atoms with Crippen LogP contribution in [0.2, 0.25) is 0 Å². The summed E-state index contributed by atoms with van der Waals surface area (Å²) in [5, 5.41) is -0.321. The Morgan fingerprint density at radius 2 is 2.20 bits per heavy atom. The molecule has 2 aromatic rings. The van der Waals surface area contributed by atoms with Crippen molar-refractivity contribution in [3.05, 3.63) is 40.3 Å². The smallest absolute Gasteiger partial charge is 0.271 e. The van der Waals surface area contributed by atoms with Crippen LogP contribution < -0.4 is 5.56 Å². The number of aromatic nitrogens is 2. The van der Waals surface area contributed by atoms with Gasteiger partial charge in [0.25, 0.3) is 5.56 Å². The predicted molar refractivity (Wildman–Crippen MR) is 61.2 cm³/mol. The molecule has 1 atom stereocenters. The van der Waals surface area contributed by atoms with Crippen molar-refractivity contribution in [2.75, 3.05) is 0 Å². The number of H-pyrrole nitrogens is 1. The molecule has 0 saturated heterocycles. The largest absolute Gasteiger partial charge is 0.319 e. The number of fused-ring (bicyclic) bond motifs is 1. The molecule has 1 heterocycles. The molecule has 0 radical (unpaired) electrons. The molecule has 0 fully saturated rings. The molecule has 0 amide bonds. The third-order valence-corrected chi connectivity index (χ3v) is 2.80. The van der Waals surface area contributed by atoms with Crippen molar-refractivity contribution >= 4 is 22.6 Å². The van der Waals surface area contributed by atoms with E-state index in [1.807, 2.05) is 31.2 Å². The van der Waals surface area contributed by atoms with Crippen molar-refractivity contribution in [3.63, 3.8) is 0 Å². The highest BCUT2D eigenvalue weighted by molar-refractivity contribution is 6.20. The minimum absolute atomic E-state index is 0.199. The zero-order valence-electron chi connectivity index (χ0n) is 8.33. The van der Waals surface area contributed by atoms with E-state index in [0.717, 1.165) is 11.0 Å². The number of para-hydroxylation sites is 2. The normalized spacial score (nSPS) is 12.9. The van der Waals surface area contributed by atoms with E-state index in [-0.39, 0.29) is 10.9 Å². The maximum absolute atomic E-state index is 11.6. The minimum atomic E-state index is -0.321. The number of nitrogens with one attached hydrogen (secondary N) is 1. The third kappa shape index (κ3) is 1.88. The third-order valence-electron chi connectivity index (χ3n) is 2.28. The van der Waals surface area contributed by atoms with Gasteiger partial charge in [-0.1, -0.05) is 19.1 Å². The molecule has 0 aliphatic heterocycles. The molecule has 1 aromatic heterocycles. The van der Waals surface area contributed by atoms with E-state index in [1.54, 1.807) is 0 Å². The molecule has 3 nitrogen and oxygen atoms in total. The van der Waals surface area contributed by atoms with Crippen LogP contribution in [0.15, 0.2) is 29.1 Å². The first kappa shape index (κ1) is 10.2. The van der Waals surface area contributed by atoms with E-state index in [2.05, 4.69) is 9.97 Å². The molecule has 0 aliphatic carbocycles. The Morgan fingerprint density at radius 1 is 1.47 bits per heavy atom. The van der Waals surface area contributed by atoms with E-state index in [4.69, 9.17) is 11.6 Å². The number of nitrogens with zero attached hydrogens (tertiary/aromatic N) is 1. The van der Waals surface area contributed by atoms with Crippen molar-refractivity contribution in [1.29, 1.82) is 0 Å². The molecule has 1 N–H and O–H groups in total. The number of hydrogen-bond acceptors (Lipinski definition) is 2. The monoisotopic (exact) mass is 222 g/mol.